The van der Waals surface area contributed by atoms with Gasteiger partial charge in [0.25, 0.3) is 0 Å². The largest absolute Gasteiger partial charge is 0.353 e. The average molecular weight is 340 g/mol. The zero-order valence-corrected chi connectivity index (χ0v) is 14.4. The molecule has 1 saturated carbocycles. The van der Waals surface area contributed by atoms with E-state index in [0.717, 1.165) is 29.0 Å². The van der Waals surface area contributed by atoms with Gasteiger partial charge in [-0.2, -0.15) is 0 Å². The van der Waals surface area contributed by atoms with Gasteiger partial charge in [0.1, 0.15) is 0 Å². The molecule has 2 aromatic rings. The summed E-state index contributed by atoms with van der Waals surface area (Å²) in [5.41, 5.74) is 2.02. The summed E-state index contributed by atoms with van der Waals surface area (Å²) in [6.07, 6.45) is 2.38. The second kappa shape index (κ2) is 6.06. The van der Waals surface area contributed by atoms with Gasteiger partial charge in [0, 0.05) is 23.0 Å². The zero-order valence-electron chi connectivity index (χ0n) is 13.6. The van der Waals surface area contributed by atoms with Crippen LogP contribution >= 0.6 is 11.3 Å². The van der Waals surface area contributed by atoms with Crippen LogP contribution in [-0.2, 0) is 9.59 Å². The molecule has 4 nitrogen and oxygen atoms in total. The number of hydrogen-bond donors (Lipinski definition) is 1. The molecule has 2 heterocycles. The normalized spacial score (nSPS) is 23.5. The third kappa shape index (κ3) is 2.84. The molecule has 2 atom stereocenters. The number of nitrogens with zero attached hydrogens (tertiary/aromatic N) is 1. The predicted octanol–water partition coefficient (Wildman–Crippen LogP) is 3.43. The topological polar surface area (TPSA) is 49.4 Å². The predicted molar refractivity (Wildman–Crippen MR) is 95.0 cm³/mol. The molecule has 124 valence electrons. The number of hydrogen-bond acceptors (Lipinski definition) is 3. The van der Waals surface area contributed by atoms with Gasteiger partial charge in [0.2, 0.25) is 11.8 Å². The van der Waals surface area contributed by atoms with Gasteiger partial charge >= 0.3 is 0 Å². The molecular weight excluding hydrogens is 320 g/mol. The van der Waals surface area contributed by atoms with Crippen molar-refractivity contribution in [1.29, 1.82) is 0 Å². The van der Waals surface area contributed by atoms with Gasteiger partial charge in [-0.05, 0) is 43.3 Å². The summed E-state index contributed by atoms with van der Waals surface area (Å²) < 4.78 is 0. The van der Waals surface area contributed by atoms with E-state index in [1.165, 1.54) is 0 Å². The van der Waals surface area contributed by atoms with Crippen molar-refractivity contribution in [3.8, 4) is 0 Å². The first-order valence-electron chi connectivity index (χ1n) is 8.36. The number of nitrogens with one attached hydrogen (secondary N) is 1. The summed E-state index contributed by atoms with van der Waals surface area (Å²) in [6, 6.07) is 12.0. The van der Waals surface area contributed by atoms with Gasteiger partial charge in [-0.15, -0.1) is 11.3 Å². The van der Waals surface area contributed by atoms with Gasteiger partial charge in [-0.3, -0.25) is 9.59 Å². The summed E-state index contributed by atoms with van der Waals surface area (Å²) in [5, 5.41) is 5.08. The summed E-state index contributed by atoms with van der Waals surface area (Å²) in [7, 11) is 0. The molecule has 1 saturated heterocycles. The highest BCUT2D eigenvalue weighted by Crippen LogP contribution is 2.43. The smallest absolute Gasteiger partial charge is 0.228 e. The lowest BCUT2D eigenvalue weighted by molar-refractivity contribution is -0.126. The van der Waals surface area contributed by atoms with Crippen molar-refractivity contribution in [3.05, 3.63) is 52.2 Å². The Morgan fingerprint density at radius 3 is 2.58 bits per heavy atom. The Labute approximate surface area is 145 Å². The number of amides is 2. The van der Waals surface area contributed by atoms with Crippen LogP contribution in [0.1, 0.15) is 35.7 Å². The van der Waals surface area contributed by atoms with E-state index in [2.05, 4.69) is 5.32 Å². The second-order valence-electron chi connectivity index (χ2n) is 6.65. The molecular formula is C19H20N2O2S. The fourth-order valence-corrected chi connectivity index (χ4v) is 4.18. The van der Waals surface area contributed by atoms with Gasteiger partial charge in [-0.1, -0.05) is 23.8 Å². The maximum atomic E-state index is 12.7. The van der Waals surface area contributed by atoms with Crippen molar-refractivity contribution < 1.29 is 9.59 Å². The van der Waals surface area contributed by atoms with Gasteiger partial charge in [0.05, 0.1) is 12.0 Å². The molecule has 1 aromatic heterocycles. The molecule has 0 radical (unpaired) electrons. The maximum Gasteiger partial charge on any atom is 0.228 e. The Hall–Kier alpha value is -2.14. The highest BCUT2D eigenvalue weighted by atomic mass is 32.1. The van der Waals surface area contributed by atoms with Crippen molar-refractivity contribution in [2.75, 3.05) is 4.90 Å². The minimum Gasteiger partial charge on any atom is -0.353 e. The van der Waals surface area contributed by atoms with Crippen molar-refractivity contribution in [1.82, 2.24) is 5.32 Å². The Kier molecular flexibility index (Phi) is 3.88. The van der Waals surface area contributed by atoms with E-state index in [1.807, 2.05) is 53.6 Å². The molecule has 4 rings (SSSR count). The number of carbonyl (C=O) groups excluding carboxylic acids is 2. The van der Waals surface area contributed by atoms with E-state index in [1.54, 1.807) is 11.3 Å². The average Bonchev–Trinajstić information content (AvgIpc) is 3.09. The van der Waals surface area contributed by atoms with Gasteiger partial charge < -0.3 is 10.2 Å². The first kappa shape index (κ1) is 15.4. The number of aryl methyl sites for hydroxylation is 1. The third-order valence-electron chi connectivity index (χ3n) is 4.73. The van der Waals surface area contributed by atoms with Crippen LogP contribution in [0.15, 0.2) is 41.8 Å². The number of anilines is 1. The highest BCUT2D eigenvalue weighted by Gasteiger charge is 2.46. The van der Waals surface area contributed by atoms with E-state index in [4.69, 9.17) is 0 Å². The fraction of sp³-hybridized carbons (Fsp3) is 0.368. The lowest BCUT2D eigenvalue weighted by atomic mass is 9.97. The quantitative estimate of drug-likeness (QED) is 0.927. The molecule has 1 aromatic carbocycles. The molecule has 2 fully saturated rings. The van der Waals surface area contributed by atoms with Crippen LogP contribution in [0.4, 0.5) is 5.69 Å². The molecule has 5 heteroatoms. The van der Waals surface area contributed by atoms with E-state index in [0.29, 0.717) is 6.04 Å². The third-order valence-corrected chi connectivity index (χ3v) is 5.67. The highest BCUT2D eigenvalue weighted by molar-refractivity contribution is 7.10. The SMILES string of the molecule is Cc1ccc(N2C(=O)C[C@H](C(=O)NC3CC3)[C@@H]2c2cccs2)cc1. The molecule has 2 aliphatic rings. The minimum absolute atomic E-state index is 0.0128. The minimum atomic E-state index is -0.321. The first-order valence-corrected chi connectivity index (χ1v) is 9.24. The van der Waals surface area contributed by atoms with E-state index < -0.39 is 0 Å². The van der Waals surface area contributed by atoms with E-state index >= 15 is 0 Å². The van der Waals surface area contributed by atoms with Crippen LogP contribution in [0.5, 0.6) is 0 Å². The Balaban J connectivity index is 1.69. The monoisotopic (exact) mass is 340 g/mol. The Bertz CT molecular complexity index is 750. The van der Waals surface area contributed by atoms with Crippen LogP contribution in [0, 0.1) is 12.8 Å². The number of benzene rings is 1. The van der Waals surface area contributed by atoms with Crippen molar-refractivity contribution in [3.63, 3.8) is 0 Å². The number of carbonyl (C=O) groups is 2. The molecule has 0 unspecified atom stereocenters. The number of rotatable bonds is 4. The van der Waals surface area contributed by atoms with Crippen molar-refractivity contribution >= 4 is 28.8 Å². The zero-order chi connectivity index (χ0) is 16.7. The molecule has 0 bridgehead atoms. The van der Waals surface area contributed by atoms with Crippen LogP contribution in [0.2, 0.25) is 0 Å². The molecule has 1 aliphatic heterocycles. The van der Waals surface area contributed by atoms with Gasteiger partial charge in [0.15, 0.2) is 0 Å². The standard InChI is InChI=1S/C19H20N2O2S/c1-12-4-8-14(9-5-12)21-17(22)11-15(19(23)20-13-6-7-13)18(21)16-3-2-10-24-16/h2-5,8-10,13,15,18H,6-7,11H2,1H3,(H,20,23)/t15-,18+/m0/s1. The Morgan fingerprint density at radius 2 is 1.96 bits per heavy atom. The van der Waals surface area contributed by atoms with Crippen molar-refractivity contribution in [2.24, 2.45) is 5.92 Å². The molecule has 1 aliphatic carbocycles. The Morgan fingerprint density at radius 1 is 1.21 bits per heavy atom. The summed E-state index contributed by atoms with van der Waals surface area (Å²) in [5.74, 6) is -0.287. The molecule has 24 heavy (non-hydrogen) atoms. The van der Waals surface area contributed by atoms with Crippen LogP contribution in [-0.4, -0.2) is 17.9 Å². The van der Waals surface area contributed by atoms with Gasteiger partial charge in [-0.25, -0.2) is 0 Å². The van der Waals surface area contributed by atoms with E-state index in [-0.39, 0.29) is 30.2 Å². The molecule has 2 amide bonds. The lowest BCUT2D eigenvalue weighted by Crippen LogP contribution is -2.36. The maximum absolute atomic E-state index is 12.7. The summed E-state index contributed by atoms with van der Waals surface area (Å²) in [6.45, 7) is 2.03. The van der Waals surface area contributed by atoms with Crippen LogP contribution in [0.25, 0.3) is 0 Å². The van der Waals surface area contributed by atoms with Crippen LogP contribution in [0.3, 0.4) is 0 Å². The van der Waals surface area contributed by atoms with E-state index in [9.17, 15) is 9.59 Å². The first-order chi connectivity index (χ1) is 11.6. The summed E-state index contributed by atoms with van der Waals surface area (Å²) >= 11 is 1.61. The second-order valence-corrected chi connectivity index (χ2v) is 7.63. The summed E-state index contributed by atoms with van der Waals surface area (Å²) in [4.78, 5) is 28.3. The fourth-order valence-electron chi connectivity index (χ4n) is 3.30. The lowest BCUT2D eigenvalue weighted by Gasteiger charge is -2.27. The number of thiophene rings is 1. The molecule has 0 spiro atoms. The molecule has 1 N–H and O–H groups in total. The van der Waals surface area contributed by atoms with Crippen molar-refractivity contribution in [2.45, 2.75) is 38.3 Å². The van der Waals surface area contributed by atoms with Crippen LogP contribution < -0.4 is 10.2 Å².